The van der Waals surface area contributed by atoms with E-state index in [2.05, 4.69) is 17.6 Å². The minimum atomic E-state index is 0.00810. The third-order valence-electron chi connectivity index (χ3n) is 2.48. The van der Waals surface area contributed by atoms with Crippen molar-refractivity contribution in [2.24, 2.45) is 0 Å². The smallest absolute Gasteiger partial charge is 0.315 e. The fourth-order valence-electron chi connectivity index (χ4n) is 1.72. The molecule has 0 saturated heterocycles. The number of nitrogens with one attached hydrogen (secondary N) is 2. The number of hydrogen-bond donors (Lipinski definition) is 2. The Kier molecular flexibility index (Phi) is 9.33. The summed E-state index contributed by atoms with van der Waals surface area (Å²) in [4.78, 5) is 11.2. The Morgan fingerprint density at radius 3 is 2.33 bits per heavy atom. The van der Waals surface area contributed by atoms with Crippen LogP contribution in [0.1, 0.15) is 59.3 Å². The molecule has 0 atom stereocenters. The first-order valence-electron chi connectivity index (χ1n) is 6.37. The van der Waals surface area contributed by atoms with Crippen molar-refractivity contribution in [1.82, 2.24) is 10.6 Å². The van der Waals surface area contributed by atoms with Crippen molar-refractivity contribution < 1.29 is 4.79 Å². The fraction of sp³-hybridized carbons (Fsp3) is 0.917. The third kappa shape index (κ3) is 7.23. The molecule has 0 heterocycles. The van der Waals surface area contributed by atoms with E-state index in [0.717, 1.165) is 25.8 Å². The van der Waals surface area contributed by atoms with E-state index in [1.165, 1.54) is 19.3 Å². The number of carbonyl (C=O) groups excluding carboxylic acids is 1. The van der Waals surface area contributed by atoms with Crippen molar-refractivity contribution >= 4 is 6.03 Å². The van der Waals surface area contributed by atoms with Gasteiger partial charge in [0.1, 0.15) is 0 Å². The quantitative estimate of drug-likeness (QED) is 0.745. The molecule has 0 spiro atoms. The highest BCUT2D eigenvalue weighted by Gasteiger charge is 2.14. The normalized spacial score (nSPS) is 16.2. The van der Waals surface area contributed by atoms with Gasteiger partial charge >= 0.3 is 6.03 Å². The molecule has 1 aliphatic carbocycles. The van der Waals surface area contributed by atoms with Crippen molar-refractivity contribution in [3.63, 3.8) is 0 Å². The molecular formula is C12H26N2O. The molecule has 0 aromatic carbocycles. The second-order valence-corrected chi connectivity index (χ2v) is 3.74. The van der Waals surface area contributed by atoms with Crippen LogP contribution in [0.2, 0.25) is 0 Å². The molecule has 1 saturated carbocycles. The average Bonchev–Trinajstić information content (AvgIpc) is 2.30. The van der Waals surface area contributed by atoms with E-state index in [9.17, 15) is 4.79 Å². The van der Waals surface area contributed by atoms with Crippen LogP contribution in [-0.4, -0.2) is 18.6 Å². The minimum Gasteiger partial charge on any atom is -0.338 e. The number of hydrogen-bond acceptors (Lipinski definition) is 1. The fourth-order valence-corrected chi connectivity index (χ4v) is 1.72. The van der Waals surface area contributed by atoms with Crippen LogP contribution >= 0.6 is 0 Å². The van der Waals surface area contributed by atoms with Crippen molar-refractivity contribution in [2.45, 2.75) is 65.3 Å². The predicted octanol–water partition coefficient (Wildman–Crippen LogP) is 3.05. The van der Waals surface area contributed by atoms with Gasteiger partial charge in [0, 0.05) is 12.6 Å². The number of rotatable bonds is 3. The van der Waals surface area contributed by atoms with Gasteiger partial charge in [-0.05, 0) is 19.3 Å². The summed E-state index contributed by atoms with van der Waals surface area (Å²) in [6.45, 7) is 6.83. The summed E-state index contributed by atoms with van der Waals surface area (Å²) < 4.78 is 0. The lowest BCUT2D eigenvalue weighted by molar-refractivity contribution is 0.232. The summed E-state index contributed by atoms with van der Waals surface area (Å²) in [6, 6.07) is 0.430. The first-order chi connectivity index (χ1) is 7.33. The maximum Gasteiger partial charge on any atom is 0.315 e. The van der Waals surface area contributed by atoms with Crippen LogP contribution in [0.5, 0.6) is 0 Å². The second-order valence-electron chi connectivity index (χ2n) is 3.74. The van der Waals surface area contributed by atoms with Gasteiger partial charge in [-0.25, -0.2) is 4.79 Å². The molecule has 0 bridgehead atoms. The van der Waals surface area contributed by atoms with Crippen LogP contribution in [0.4, 0.5) is 4.79 Å². The van der Waals surface area contributed by atoms with Crippen molar-refractivity contribution in [3.8, 4) is 0 Å². The zero-order valence-electron chi connectivity index (χ0n) is 10.4. The summed E-state index contributed by atoms with van der Waals surface area (Å²) in [6.07, 6.45) is 7.16. The van der Waals surface area contributed by atoms with Crippen LogP contribution in [-0.2, 0) is 0 Å². The molecule has 0 aliphatic heterocycles. The van der Waals surface area contributed by atoms with Gasteiger partial charge in [-0.3, -0.25) is 0 Å². The summed E-state index contributed by atoms with van der Waals surface area (Å²) in [7, 11) is 0. The molecular weight excluding hydrogens is 188 g/mol. The standard InChI is InChI=1S/C10H20N2O.C2H6/c1-2-8-11-10(13)12-9-6-4-3-5-7-9;1-2/h9H,2-8H2,1H3,(H2,11,12,13);1-2H3. The van der Waals surface area contributed by atoms with Crippen LogP contribution in [0.3, 0.4) is 0 Å². The zero-order chi connectivity index (χ0) is 11.5. The Bertz CT molecular complexity index is 154. The Morgan fingerprint density at radius 1 is 1.20 bits per heavy atom. The maximum absolute atomic E-state index is 11.2. The molecule has 2 N–H and O–H groups in total. The van der Waals surface area contributed by atoms with Gasteiger partial charge in [0.2, 0.25) is 0 Å². The highest BCUT2D eigenvalue weighted by Crippen LogP contribution is 2.16. The van der Waals surface area contributed by atoms with Crippen LogP contribution in [0.25, 0.3) is 0 Å². The monoisotopic (exact) mass is 214 g/mol. The Morgan fingerprint density at radius 2 is 1.80 bits per heavy atom. The SMILES string of the molecule is CC.CCCNC(=O)NC1CCCCC1. The lowest BCUT2D eigenvalue weighted by Gasteiger charge is -2.22. The first kappa shape index (κ1) is 14.3. The van der Waals surface area contributed by atoms with Gasteiger partial charge in [-0.15, -0.1) is 0 Å². The van der Waals surface area contributed by atoms with Gasteiger partial charge in [0.05, 0.1) is 0 Å². The third-order valence-corrected chi connectivity index (χ3v) is 2.48. The van der Waals surface area contributed by atoms with Crippen molar-refractivity contribution in [3.05, 3.63) is 0 Å². The molecule has 90 valence electrons. The van der Waals surface area contributed by atoms with E-state index in [4.69, 9.17) is 0 Å². The molecule has 0 unspecified atom stereocenters. The van der Waals surface area contributed by atoms with E-state index < -0.39 is 0 Å². The predicted molar refractivity (Wildman–Crippen MR) is 65.0 cm³/mol. The summed E-state index contributed by atoms with van der Waals surface area (Å²) in [5.41, 5.74) is 0. The second kappa shape index (κ2) is 9.81. The molecule has 1 rings (SSSR count). The van der Waals surface area contributed by atoms with Crippen molar-refractivity contribution in [1.29, 1.82) is 0 Å². The zero-order valence-corrected chi connectivity index (χ0v) is 10.4. The average molecular weight is 214 g/mol. The molecule has 15 heavy (non-hydrogen) atoms. The van der Waals surface area contributed by atoms with Crippen LogP contribution in [0, 0.1) is 0 Å². The van der Waals surface area contributed by atoms with E-state index in [0.29, 0.717) is 6.04 Å². The summed E-state index contributed by atoms with van der Waals surface area (Å²) in [5, 5.41) is 5.83. The highest BCUT2D eigenvalue weighted by atomic mass is 16.2. The van der Waals surface area contributed by atoms with Gasteiger partial charge in [-0.1, -0.05) is 40.0 Å². The number of amides is 2. The molecule has 3 nitrogen and oxygen atoms in total. The minimum absolute atomic E-state index is 0.00810. The van der Waals surface area contributed by atoms with E-state index >= 15 is 0 Å². The number of urea groups is 1. The molecule has 3 heteroatoms. The molecule has 1 aliphatic rings. The summed E-state index contributed by atoms with van der Waals surface area (Å²) >= 11 is 0. The highest BCUT2D eigenvalue weighted by molar-refractivity contribution is 5.74. The number of carbonyl (C=O) groups is 1. The van der Waals surface area contributed by atoms with Crippen LogP contribution < -0.4 is 10.6 Å². The van der Waals surface area contributed by atoms with Gasteiger partial charge in [0.15, 0.2) is 0 Å². The molecule has 0 aromatic rings. The topological polar surface area (TPSA) is 41.1 Å². The Hall–Kier alpha value is -0.730. The summed E-state index contributed by atoms with van der Waals surface area (Å²) in [5.74, 6) is 0. The molecule has 0 radical (unpaired) electrons. The lowest BCUT2D eigenvalue weighted by atomic mass is 9.96. The first-order valence-corrected chi connectivity index (χ1v) is 6.37. The van der Waals surface area contributed by atoms with E-state index in [1.54, 1.807) is 0 Å². The Labute approximate surface area is 94.0 Å². The Balaban J connectivity index is 0.000000921. The molecule has 2 amide bonds. The van der Waals surface area contributed by atoms with Gasteiger partial charge in [0.25, 0.3) is 0 Å². The molecule has 1 fully saturated rings. The van der Waals surface area contributed by atoms with Crippen molar-refractivity contribution in [2.75, 3.05) is 6.54 Å². The largest absolute Gasteiger partial charge is 0.338 e. The van der Waals surface area contributed by atoms with Gasteiger partial charge in [-0.2, -0.15) is 0 Å². The van der Waals surface area contributed by atoms with Gasteiger partial charge < -0.3 is 10.6 Å². The molecule has 0 aromatic heterocycles. The van der Waals surface area contributed by atoms with E-state index in [-0.39, 0.29) is 6.03 Å². The van der Waals surface area contributed by atoms with E-state index in [1.807, 2.05) is 13.8 Å². The maximum atomic E-state index is 11.2. The lowest BCUT2D eigenvalue weighted by Crippen LogP contribution is -2.43. The van der Waals surface area contributed by atoms with Crippen LogP contribution in [0.15, 0.2) is 0 Å².